The van der Waals surface area contributed by atoms with Crippen molar-refractivity contribution >= 4 is 30.5 Å². The maximum absolute atomic E-state index is 13.9. The third-order valence-corrected chi connectivity index (χ3v) is 6.83. The number of nitriles is 1. The molecule has 3 rings (SSSR count). The second kappa shape index (κ2) is 11.0. The Morgan fingerprint density at radius 3 is 2.72 bits per heavy atom. The fourth-order valence-electron chi connectivity index (χ4n) is 3.29. The predicted octanol–water partition coefficient (Wildman–Crippen LogP) is 3.23. The molecule has 3 aromatic rings. The van der Waals surface area contributed by atoms with Crippen LogP contribution in [0.1, 0.15) is 40.2 Å². The van der Waals surface area contributed by atoms with Gasteiger partial charge < -0.3 is 24.3 Å². The van der Waals surface area contributed by atoms with Crippen LogP contribution >= 0.6 is 7.52 Å². The molecule has 0 aliphatic carbocycles. The largest absolute Gasteiger partial charge is 0.462 e. The molecule has 0 radical (unpaired) electrons. The average Bonchev–Trinajstić information content (AvgIpc) is 3.21. The highest BCUT2D eigenvalue weighted by Crippen LogP contribution is 2.45. The highest BCUT2D eigenvalue weighted by molar-refractivity contribution is 7.57. The lowest BCUT2D eigenvalue weighted by atomic mass is 10.1. The van der Waals surface area contributed by atoms with Gasteiger partial charge in [0, 0.05) is 0 Å². The number of esters is 1. The number of aromatic nitrogens is 4. The minimum atomic E-state index is -3.84. The Bertz CT molecular complexity index is 1320. The number of fused-ring (bicyclic) bond motifs is 1. The topological polar surface area (TPSA) is 167 Å². The van der Waals surface area contributed by atoms with Crippen molar-refractivity contribution in [3.8, 4) is 11.8 Å². The number of nitrogens with zero attached hydrogens (tertiary/aromatic N) is 5. The Labute approximate surface area is 209 Å². The van der Waals surface area contributed by atoms with Crippen LogP contribution in [0.2, 0.25) is 0 Å². The van der Waals surface area contributed by atoms with Gasteiger partial charge in [0.2, 0.25) is 0 Å². The summed E-state index contributed by atoms with van der Waals surface area (Å²) in [5.74, 6) is -0.131. The molecular weight excluding hydrogens is 485 g/mol. The smallest absolute Gasteiger partial charge is 0.342 e. The third kappa shape index (κ3) is 6.79. The van der Waals surface area contributed by atoms with Gasteiger partial charge in [0.1, 0.15) is 29.5 Å². The highest BCUT2D eigenvalue weighted by Gasteiger charge is 2.40. The first-order valence-electron chi connectivity index (χ1n) is 11.2. The maximum atomic E-state index is 13.9. The average molecular weight is 516 g/mol. The van der Waals surface area contributed by atoms with Gasteiger partial charge in [-0.3, -0.25) is 9.36 Å². The quantitative estimate of drug-likeness (QED) is 0.284. The number of nitrogens with one attached hydrogen (secondary N) is 1. The van der Waals surface area contributed by atoms with Gasteiger partial charge in [0.15, 0.2) is 11.5 Å². The molecule has 0 saturated carbocycles. The van der Waals surface area contributed by atoms with Gasteiger partial charge in [-0.1, -0.05) is 6.07 Å². The van der Waals surface area contributed by atoms with Gasteiger partial charge in [-0.25, -0.2) is 20.0 Å². The van der Waals surface area contributed by atoms with E-state index in [9.17, 15) is 14.6 Å². The number of imidazole rings is 1. The van der Waals surface area contributed by atoms with E-state index in [4.69, 9.17) is 19.7 Å². The highest BCUT2D eigenvalue weighted by atomic mass is 31.2. The number of hydrogen-bond donors (Lipinski definition) is 2. The Morgan fingerprint density at radius 1 is 1.28 bits per heavy atom. The number of benzene rings is 1. The van der Waals surface area contributed by atoms with E-state index >= 15 is 0 Å². The first-order valence-corrected chi connectivity index (χ1v) is 13.1. The summed E-state index contributed by atoms with van der Waals surface area (Å²) in [6, 6.07) is 8.24. The normalized spacial score (nSPS) is 14.2. The third-order valence-electron chi connectivity index (χ3n) is 4.93. The lowest BCUT2D eigenvalue weighted by Crippen LogP contribution is -2.48. The zero-order valence-corrected chi connectivity index (χ0v) is 21.7. The molecule has 36 heavy (non-hydrogen) atoms. The van der Waals surface area contributed by atoms with Crippen molar-refractivity contribution in [2.45, 2.75) is 58.9 Å². The molecule has 0 bridgehead atoms. The number of ether oxygens (including phenoxy) is 2. The van der Waals surface area contributed by atoms with Crippen LogP contribution in [-0.2, 0) is 25.4 Å². The molecule has 0 amide bonds. The number of carbonyl (C=O) groups is 1. The molecular formula is C23H30N7O5P. The molecule has 1 aromatic carbocycles. The second-order valence-electron chi connectivity index (χ2n) is 9.03. The van der Waals surface area contributed by atoms with Crippen LogP contribution in [0.25, 0.3) is 11.2 Å². The van der Waals surface area contributed by atoms with Gasteiger partial charge in [0.05, 0.1) is 36.7 Å². The SMILES string of the molecule is CC(C)OC(=O)C(C)(C)NP(=O)(COC(C)Cn1cnc2c(N)ncnc21)Oc1cccc(C#N)c1. The number of carbonyl (C=O) groups excluding carboxylic acids is 1. The zero-order valence-electron chi connectivity index (χ0n) is 20.8. The monoisotopic (exact) mass is 515 g/mol. The Kier molecular flexibility index (Phi) is 8.30. The van der Waals surface area contributed by atoms with Crippen molar-refractivity contribution < 1.29 is 23.4 Å². The van der Waals surface area contributed by atoms with Crippen molar-refractivity contribution in [2.75, 3.05) is 12.1 Å². The standard InChI is InChI=1S/C23H30N7O5P/c1-15(2)34-22(31)23(4,5)29-36(32,35-18-8-6-7-17(9-18)10-24)14-33-16(3)11-30-13-28-19-20(25)26-12-27-21(19)30/h6-9,12-13,15-16H,11,14H2,1-5H3,(H,29,32)(H2,25,26,27). The summed E-state index contributed by atoms with van der Waals surface area (Å²) in [7, 11) is -3.84. The summed E-state index contributed by atoms with van der Waals surface area (Å²) in [6.07, 6.45) is 1.75. The molecule has 13 heteroatoms. The first kappa shape index (κ1) is 27.1. The van der Waals surface area contributed by atoms with E-state index < -0.39 is 25.1 Å². The van der Waals surface area contributed by atoms with Crippen molar-refractivity contribution in [1.82, 2.24) is 24.6 Å². The van der Waals surface area contributed by atoms with Crippen LogP contribution in [0.3, 0.4) is 0 Å². The van der Waals surface area contributed by atoms with Crippen LogP contribution in [0.15, 0.2) is 36.9 Å². The van der Waals surface area contributed by atoms with E-state index in [0.29, 0.717) is 23.3 Å². The van der Waals surface area contributed by atoms with Crippen LogP contribution in [0.4, 0.5) is 5.82 Å². The number of anilines is 1. The molecule has 2 aromatic heterocycles. The lowest BCUT2D eigenvalue weighted by Gasteiger charge is -2.31. The van der Waals surface area contributed by atoms with Crippen LogP contribution in [-0.4, -0.2) is 49.6 Å². The summed E-state index contributed by atoms with van der Waals surface area (Å²) in [5, 5.41) is 12.0. The van der Waals surface area contributed by atoms with E-state index in [1.807, 2.05) is 6.07 Å². The summed E-state index contributed by atoms with van der Waals surface area (Å²) >= 11 is 0. The van der Waals surface area contributed by atoms with E-state index in [0.717, 1.165) is 0 Å². The van der Waals surface area contributed by atoms with Gasteiger partial charge >= 0.3 is 13.5 Å². The van der Waals surface area contributed by atoms with Crippen molar-refractivity contribution in [1.29, 1.82) is 5.26 Å². The fourth-order valence-corrected chi connectivity index (χ4v) is 5.31. The fraction of sp³-hybridized carbons (Fsp3) is 0.435. The number of hydrogen-bond acceptors (Lipinski definition) is 10. The molecule has 0 aliphatic heterocycles. The summed E-state index contributed by atoms with van der Waals surface area (Å²) in [6.45, 7) is 8.65. The number of nitrogen functional groups attached to an aromatic ring is 1. The van der Waals surface area contributed by atoms with Gasteiger partial charge in [0.25, 0.3) is 0 Å². The molecule has 0 fully saturated rings. The molecule has 0 aliphatic rings. The van der Waals surface area contributed by atoms with Gasteiger partial charge in [-0.2, -0.15) is 5.26 Å². The van der Waals surface area contributed by atoms with E-state index in [1.54, 1.807) is 63.7 Å². The van der Waals surface area contributed by atoms with Crippen LogP contribution < -0.4 is 15.3 Å². The minimum Gasteiger partial charge on any atom is -0.462 e. The van der Waals surface area contributed by atoms with Gasteiger partial charge in [-0.05, 0) is 52.8 Å². The van der Waals surface area contributed by atoms with Gasteiger partial charge in [-0.15, -0.1) is 0 Å². The number of nitrogens with two attached hydrogens (primary N) is 1. The molecule has 2 unspecified atom stereocenters. The molecule has 0 spiro atoms. The van der Waals surface area contributed by atoms with Crippen LogP contribution in [0.5, 0.6) is 5.75 Å². The Hall–Kier alpha value is -3.52. The number of rotatable bonds is 11. The molecule has 2 atom stereocenters. The zero-order chi connectivity index (χ0) is 26.5. The first-order chi connectivity index (χ1) is 16.9. The Morgan fingerprint density at radius 2 is 2.03 bits per heavy atom. The molecule has 12 nitrogen and oxygen atoms in total. The van der Waals surface area contributed by atoms with E-state index in [2.05, 4.69) is 20.0 Å². The lowest BCUT2D eigenvalue weighted by molar-refractivity contribution is -0.153. The van der Waals surface area contributed by atoms with E-state index in [-0.39, 0.29) is 24.0 Å². The molecule has 192 valence electrons. The van der Waals surface area contributed by atoms with Crippen LogP contribution in [0, 0.1) is 11.3 Å². The summed E-state index contributed by atoms with van der Waals surface area (Å²) in [4.78, 5) is 25.0. The minimum absolute atomic E-state index is 0.196. The summed E-state index contributed by atoms with van der Waals surface area (Å²) < 4.78 is 32.7. The van der Waals surface area contributed by atoms with Crippen molar-refractivity contribution in [3.63, 3.8) is 0 Å². The molecule has 2 heterocycles. The van der Waals surface area contributed by atoms with Crippen molar-refractivity contribution in [3.05, 3.63) is 42.5 Å². The summed E-state index contributed by atoms with van der Waals surface area (Å²) in [5.41, 5.74) is 5.84. The maximum Gasteiger partial charge on any atom is 0.342 e. The van der Waals surface area contributed by atoms with E-state index in [1.165, 1.54) is 12.4 Å². The van der Waals surface area contributed by atoms with Crippen molar-refractivity contribution in [2.24, 2.45) is 0 Å². The molecule has 3 N–H and O–H groups in total. The second-order valence-corrected chi connectivity index (χ2v) is 11.0. The Balaban J connectivity index is 1.79. The predicted molar refractivity (Wildman–Crippen MR) is 133 cm³/mol. The molecule has 0 saturated heterocycles.